The predicted octanol–water partition coefficient (Wildman–Crippen LogP) is 4.11. The van der Waals surface area contributed by atoms with Crippen LogP contribution in [0.25, 0.3) is 0 Å². The van der Waals surface area contributed by atoms with Gasteiger partial charge < -0.3 is 19.9 Å². The molecule has 0 bridgehead atoms. The number of carbonyl (C=O) groups excluding carboxylic acids is 2. The number of rotatable bonds is 7. The highest BCUT2D eigenvalue weighted by Gasteiger charge is 2.23. The summed E-state index contributed by atoms with van der Waals surface area (Å²) in [6.45, 7) is 3.51. The Balaban J connectivity index is 1.56. The maximum absolute atomic E-state index is 13.3. The zero-order chi connectivity index (χ0) is 24.6. The number of benzene rings is 1. The summed E-state index contributed by atoms with van der Waals surface area (Å²) in [5.74, 6) is -0.866. The third-order valence-corrected chi connectivity index (χ3v) is 7.15. The van der Waals surface area contributed by atoms with Gasteiger partial charge in [0, 0.05) is 38.1 Å². The van der Waals surface area contributed by atoms with E-state index in [1.54, 1.807) is 17.0 Å². The Morgan fingerprint density at radius 2 is 1.63 bits per heavy atom. The minimum Gasteiger partial charge on any atom is -0.376 e. The average Bonchev–Trinajstić information content (AvgIpc) is 3.34. The average molecular weight is 480 g/mol. The first-order valence-corrected chi connectivity index (χ1v) is 13.0. The number of nitrogens with one attached hydrogen (secondary N) is 2. The summed E-state index contributed by atoms with van der Waals surface area (Å²) in [5.41, 5.74) is 1.53. The Hall–Kier alpha value is -2.93. The van der Waals surface area contributed by atoms with Crippen LogP contribution < -0.4 is 16.1 Å². The molecule has 2 amide bonds. The molecule has 0 spiro atoms. The molecule has 1 atom stereocenters. The van der Waals surface area contributed by atoms with E-state index in [1.807, 2.05) is 31.2 Å². The molecule has 2 fully saturated rings. The third-order valence-electron chi connectivity index (χ3n) is 7.15. The number of pyridine rings is 1. The second kappa shape index (κ2) is 12.2. The summed E-state index contributed by atoms with van der Waals surface area (Å²) in [5, 5.41) is 5.95. The van der Waals surface area contributed by atoms with Crippen molar-refractivity contribution < 1.29 is 14.3 Å². The highest BCUT2D eigenvalue weighted by atomic mass is 16.5. The van der Waals surface area contributed by atoms with Gasteiger partial charge in [0.1, 0.15) is 11.1 Å². The predicted molar refractivity (Wildman–Crippen MR) is 136 cm³/mol. The summed E-state index contributed by atoms with van der Waals surface area (Å²) in [4.78, 5) is 39.7. The van der Waals surface area contributed by atoms with E-state index in [9.17, 15) is 14.4 Å². The number of carbonyl (C=O) groups is 2. The molecule has 188 valence electrons. The lowest BCUT2D eigenvalue weighted by atomic mass is 9.96. The van der Waals surface area contributed by atoms with Crippen LogP contribution in [-0.4, -0.2) is 35.1 Å². The zero-order valence-corrected chi connectivity index (χ0v) is 20.7. The van der Waals surface area contributed by atoms with Gasteiger partial charge in [-0.05, 0) is 43.7 Å². The lowest BCUT2D eigenvalue weighted by Gasteiger charge is -2.21. The van der Waals surface area contributed by atoms with Crippen molar-refractivity contribution >= 4 is 11.8 Å². The molecule has 7 nitrogen and oxygen atoms in total. The van der Waals surface area contributed by atoms with Gasteiger partial charge >= 0.3 is 0 Å². The van der Waals surface area contributed by atoms with E-state index in [-0.39, 0.29) is 23.3 Å². The molecule has 1 aliphatic carbocycles. The molecule has 1 unspecified atom stereocenters. The quantitative estimate of drug-likeness (QED) is 0.626. The molecule has 1 saturated heterocycles. The summed E-state index contributed by atoms with van der Waals surface area (Å²) in [6.07, 6.45) is 12.7. The zero-order valence-electron chi connectivity index (χ0n) is 20.7. The summed E-state index contributed by atoms with van der Waals surface area (Å²) >= 11 is 0. The van der Waals surface area contributed by atoms with Crippen LogP contribution in [0.1, 0.15) is 89.6 Å². The van der Waals surface area contributed by atoms with Crippen molar-refractivity contribution in [1.82, 2.24) is 15.2 Å². The van der Waals surface area contributed by atoms with E-state index in [0.717, 1.165) is 49.7 Å². The molecular weight excluding hydrogens is 442 g/mol. The van der Waals surface area contributed by atoms with Gasteiger partial charge in [-0.25, -0.2) is 0 Å². The molecule has 0 radical (unpaired) electrons. The molecular formula is C28H37N3O4. The van der Waals surface area contributed by atoms with Crippen LogP contribution in [0.5, 0.6) is 0 Å². The standard InChI is InChI=1S/C28H37N3O4/c1-20-10-7-8-11-21(20)16-29-27(33)24-18-31(17-23-14-9-15-35-23)19-25(26(24)32)28(34)30-22-12-5-3-2-4-6-13-22/h7-8,10-11,18-19,22-23H,2-6,9,12-17H2,1H3,(H,29,33)(H,30,34). The summed E-state index contributed by atoms with van der Waals surface area (Å²) in [6, 6.07) is 7.86. The van der Waals surface area contributed by atoms with Crippen molar-refractivity contribution in [1.29, 1.82) is 0 Å². The van der Waals surface area contributed by atoms with E-state index in [0.29, 0.717) is 19.7 Å². The fourth-order valence-electron chi connectivity index (χ4n) is 5.03. The highest BCUT2D eigenvalue weighted by Crippen LogP contribution is 2.18. The highest BCUT2D eigenvalue weighted by molar-refractivity contribution is 5.99. The first-order valence-electron chi connectivity index (χ1n) is 13.0. The Morgan fingerprint density at radius 1 is 0.943 bits per heavy atom. The minimum atomic E-state index is -0.529. The van der Waals surface area contributed by atoms with Gasteiger partial charge in [-0.3, -0.25) is 14.4 Å². The number of aryl methyl sites for hydroxylation is 1. The lowest BCUT2D eigenvalue weighted by molar-refractivity contribution is 0.0914. The maximum atomic E-state index is 13.3. The third kappa shape index (κ3) is 6.82. The second-order valence-electron chi connectivity index (χ2n) is 9.87. The number of ether oxygens (including phenoxy) is 1. The van der Waals surface area contributed by atoms with E-state index in [1.165, 1.54) is 19.3 Å². The van der Waals surface area contributed by atoms with Crippen molar-refractivity contribution in [2.75, 3.05) is 6.61 Å². The van der Waals surface area contributed by atoms with Crippen molar-refractivity contribution in [3.63, 3.8) is 0 Å². The van der Waals surface area contributed by atoms with Crippen molar-refractivity contribution in [3.8, 4) is 0 Å². The fraction of sp³-hybridized carbons (Fsp3) is 0.536. The van der Waals surface area contributed by atoms with Crippen LogP contribution in [0.4, 0.5) is 0 Å². The van der Waals surface area contributed by atoms with Crippen molar-refractivity contribution in [2.24, 2.45) is 0 Å². The number of hydrogen-bond donors (Lipinski definition) is 2. The number of aromatic nitrogens is 1. The number of nitrogens with zero attached hydrogens (tertiary/aromatic N) is 1. The largest absolute Gasteiger partial charge is 0.376 e. The SMILES string of the molecule is Cc1ccccc1CNC(=O)c1cn(CC2CCCO2)cc(C(=O)NC2CCCCCCC2)c1=O. The Labute approximate surface area is 207 Å². The Morgan fingerprint density at radius 3 is 2.31 bits per heavy atom. The van der Waals surface area contributed by atoms with Gasteiger partial charge in [0.15, 0.2) is 0 Å². The van der Waals surface area contributed by atoms with Crippen LogP contribution in [0.15, 0.2) is 41.5 Å². The Kier molecular flexibility index (Phi) is 8.74. The van der Waals surface area contributed by atoms with Gasteiger partial charge in [-0.2, -0.15) is 0 Å². The first kappa shape index (κ1) is 25.2. The molecule has 7 heteroatoms. The molecule has 35 heavy (non-hydrogen) atoms. The van der Waals surface area contributed by atoms with Gasteiger partial charge in [0.25, 0.3) is 11.8 Å². The monoisotopic (exact) mass is 479 g/mol. The van der Waals surface area contributed by atoms with E-state index in [4.69, 9.17) is 4.74 Å². The van der Waals surface area contributed by atoms with E-state index in [2.05, 4.69) is 10.6 Å². The van der Waals surface area contributed by atoms with Crippen LogP contribution in [0.2, 0.25) is 0 Å². The summed E-state index contributed by atoms with van der Waals surface area (Å²) in [7, 11) is 0. The number of hydrogen-bond acceptors (Lipinski definition) is 4. The molecule has 1 aromatic carbocycles. The Bertz CT molecular complexity index is 1080. The van der Waals surface area contributed by atoms with Crippen LogP contribution in [0.3, 0.4) is 0 Å². The smallest absolute Gasteiger partial charge is 0.257 e. The van der Waals surface area contributed by atoms with Gasteiger partial charge in [0.05, 0.1) is 6.10 Å². The fourth-order valence-corrected chi connectivity index (χ4v) is 5.03. The molecule has 1 aliphatic heterocycles. The lowest BCUT2D eigenvalue weighted by Crippen LogP contribution is -2.40. The van der Waals surface area contributed by atoms with Crippen LogP contribution >= 0.6 is 0 Å². The number of amides is 2. The van der Waals surface area contributed by atoms with Gasteiger partial charge in [0.2, 0.25) is 5.43 Å². The first-order chi connectivity index (χ1) is 17.0. The normalized spacial score (nSPS) is 19.1. The molecule has 2 aliphatic rings. The molecule has 2 N–H and O–H groups in total. The van der Waals surface area contributed by atoms with Crippen molar-refractivity contribution in [3.05, 3.63) is 69.1 Å². The molecule has 2 heterocycles. The molecule has 2 aromatic rings. The maximum Gasteiger partial charge on any atom is 0.257 e. The molecule has 1 saturated carbocycles. The molecule has 4 rings (SSSR count). The van der Waals surface area contributed by atoms with Gasteiger partial charge in [-0.1, -0.05) is 56.4 Å². The summed E-state index contributed by atoms with van der Waals surface area (Å²) < 4.78 is 7.52. The molecule has 1 aromatic heterocycles. The van der Waals surface area contributed by atoms with Gasteiger partial charge in [-0.15, -0.1) is 0 Å². The second-order valence-corrected chi connectivity index (χ2v) is 9.87. The van der Waals surface area contributed by atoms with E-state index >= 15 is 0 Å². The minimum absolute atomic E-state index is 0.0121. The van der Waals surface area contributed by atoms with Crippen molar-refractivity contribution in [2.45, 2.75) is 89.9 Å². The van der Waals surface area contributed by atoms with Crippen LogP contribution in [-0.2, 0) is 17.8 Å². The van der Waals surface area contributed by atoms with E-state index < -0.39 is 17.2 Å². The van der Waals surface area contributed by atoms with Crippen LogP contribution in [0, 0.1) is 6.92 Å². The topological polar surface area (TPSA) is 89.4 Å².